The van der Waals surface area contributed by atoms with E-state index in [-0.39, 0.29) is 27.1 Å². The number of nitrogens with zero attached hydrogens (tertiary/aromatic N) is 2. The van der Waals surface area contributed by atoms with Crippen molar-refractivity contribution in [3.63, 3.8) is 0 Å². The van der Waals surface area contributed by atoms with Crippen molar-refractivity contribution in [3.05, 3.63) is 76.8 Å². The highest BCUT2D eigenvalue weighted by Gasteiger charge is 2.24. The monoisotopic (exact) mass is 424 g/mol. The first-order valence-corrected chi connectivity index (χ1v) is 10.3. The summed E-state index contributed by atoms with van der Waals surface area (Å²) in [4.78, 5) is 4.24. The van der Waals surface area contributed by atoms with E-state index < -0.39 is 10.1 Å². The van der Waals surface area contributed by atoms with Crippen LogP contribution in [0.2, 0.25) is 5.02 Å². The number of hydrogen-bond donors (Lipinski definition) is 0. The Bertz CT molecular complexity index is 1390. The summed E-state index contributed by atoms with van der Waals surface area (Å²) in [5, 5.41) is 9.49. The van der Waals surface area contributed by atoms with Crippen molar-refractivity contribution in [1.82, 2.24) is 4.98 Å². The van der Waals surface area contributed by atoms with Crippen LogP contribution < -0.4 is 4.18 Å². The van der Waals surface area contributed by atoms with Crippen LogP contribution in [0.5, 0.6) is 5.75 Å². The van der Waals surface area contributed by atoms with Crippen LogP contribution in [0.4, 0.5) is 0 Å². The van der Waals surface area contributed by atoms with E-state index in [1.54, 1.807) is 24.3 Å². The van der Waals surface area contributed by atoms with E-state index in [1.807, 2.05) is 25.1 Å². The van der Waals surface area contributed by atoms with Gasteiger partial charge >= 0.3 is 10.1 Å². The lowest BCUT2D eigenvalue weighted by Crippen LogP contribution is -2.12. The van der Waals surface area contributed by atoms with E-state index in [1.165, 1.54) is 24.3 Å². The molecule has 0 amide bonds. The number of aromatic nitrogens is 1. The van der Waals surface area contributed by atoms with Crippen molar-refractivity contribution in [2.24, 2.45) is 0 Å². The Morgan fingerprint density at radius 1 is 1.10 bits per heavy atom. The van der Waals surface area contributed by atoms with Crippen molar-refractivity contribution in [2.45, 2.75) is 11.8 Å². The van der Waals surface area contributed by atoms with Crippen LogP contribution in [0.1, 0.15) is 11.1 Å². The summed E-state index contributed by atoms with van der Waals surface area (Å²) in [5.41, 5.74) is 2.46. The Morgan fingerprint density at radius 3 is 2.66 bits per heavy atom. The molecule has 8 heteroatoms. The molecule has 144 valence electrons. The van der Waals surface area contributed by atoms with Crippen LogP contribution in [0.3, 0.4) is 0 Å². The lowest BCUT2D eigenvalue weighted by molar-refractivity contribution is 0.485. The number of oxazole rings is 1. The van der Waals surface area contributed by atoms with Gasteiger partial charge in [0, 0.05) is 11.1 Å². The standard InChI is InChI=1S/C21H13ClN2O4S/c1-13-5-4-7-17-20(13)24-21(27-17)16-10-9-15(22)11-18(16)28-29(25,26)19-8-3-2-6-14(19)12-23/h2-11H,1H3. The maximum absolute atomic E-state index is 12.8. The third kappa shape index (κ3) is 3.56. The van der Waals surface area contributed by atoms with Gasteiger partial charge in [-0.1, -0.05) is 35.9 Å². The minimum atomic E-state index is -4.29. The zero-order chi connectivity index (χ0) is 20.6. The van der Waals surface area contributed by atoms with Crippen LogP contribution in [-0.2, 0) is 10.1 Å². The van der Waals surface area contributed by atoms with Gasteiger partial charge in [-0.25, -0.2) is 4.98 Å². The maximum Gasteiger partial charge on any atom is 0.340 e. The second-order valence-corrected chi connectivity index (χ2v) is 8.18. The molecule has 0 aliphatic heterocycles. The molecule has 6 nitrogen and oxygen atoms in total. The van der Waals surface area contributed by atoms with Crippen molar-refractivity contribution >= 4 is 32.8 Å². The summed E-state index contributed by atoms with van der Waals surface area (Å²) in [6.07, 6.45) is 0. The highest BCUT2D eigenvalue weighted by molar-refractivity contribution is 7.87. The summed E-state index contributed by atoms with van der Waals surface area (Å²) < 4.78 is 36.8. The van der Waals surface area contributed by atoms with Gasteiger partial charge in [-0.15, -0.1) is 0 Å². The van der Waals surface area contributed by atoms with Crippen LogP contribution in [0.15, 0.2) is 70.0 Å². The Balaban J connectivity index is 1.84. The fraction of sp³-hybridized carbons (Fsp3) is 0.0476. The third-order valence-corrected chi connectivity index (χ3v) is 5.80. The summed E-state index contributed by atoms with van der Waals surface area (Å²) in [6.45, 7) is 1.90. The van der Waals surface area contributed by atoms with E-state index in [0.717, 1.165) is 5.56 Å². The van der Waals surface area contributed by atoms with Gasteiger partial charge in [0.1, 0.15) is 16.5 Å². The molecule has 4 aromatic rings. The van der Waals surface area contributed by atoms with Gasteiger partial charge in [-0.3, -0.25) is 0 Å². The number of rotatable bonds is 4. The zero-order valence-corrected chi connectivity index (χ0v) is 16.7. The van der Waals surface area contributed by atoms with E-state index in [9.17, 15) is 13.7 Å². The molecule has 1 aromatic heterocycles. The van der Waals surface area contributed by atoms with Gasteiger partial charge < -0.3 is 8.60 Å². The molecule has 0 saturated carbocycles. The smallest absolute Gasteiger partial charge is 0.340 e. The van der Waals surface area contributed by atoms with E-state index >= 15 is 0 Å². The average Bonchev–Trinajstić information content (AvgIpc) is 3.13. The Labute approximate surface area is 172 Å². The number of aryl methyl sites for hydroxylation is 1. The molecule has 0 aliphatic carbocycles. The van der Waals surface area contributed by atoms with Crippen molar-refractivity contribution in [1.29, 1.82) is 5.26 Å². The number of benzene rings is 3. The molecular weight excluding hydrogens is 412 g/mol. The maximum atomic E-state index is 12.8. The first kappa shape index (κ1) is 19.0. The summed E-state index contributed by atoms with van der Waals surface area (Å²) in [5.74, 6) is 0.152. The largest absolute Gasteiger partial charge is 0.436 e. The first-order chi connectivity index (χ1) is 13.9. The molecule has 4 rings (SSSR count). The van der Waals surface area contributed by atoms with Crippen molar-refractivity contribution in [2.75, 3.05) is 0 Å². The van der Waals surface area contributed by atoms with Gasteiger partial charge in [0.05, 0.1) is 11.1 Å². The molecule has 0 radical (unpaired) electrons. The minimum absolute atomic E-state index is 0.0198. The molecule has 29 heavy (non-hydrogen) atoms. The van der Waals surface area contributed by atoms with Gasteiger partial charge in [0.25, 0.3) is 0 Å². The molecule has 3 aromatic carbocycles. The number of halogens is 1. The summed E-state index contributed by atoms with van der Waals surface area (Å²) in [7, 11) is -4.29. The summed E-state index contributed by atoms with van der Waals surface area (Å²) in [6, 6.07) is 17.7. The third-order valence-electron chi connectivity index (χ3n) is 4.27. The zero-order valence-electron chi connectivity index (χ0n) is 15.1. The quantitative estimate of drug-likeness (QED) is 0.423. The topological polar surface area (TPSA) is 93.2 Å². The molecule has 0 bridgehead atoms. The predicted octanol–water partition coefficient (Wildman–Crippen LogP) is 5.10. The fourth-order valence-electron chi connectivity index (χ4n) is 2.88. The van der Waals surface area contributed by atoms with Crippen molar-refractivity contribution in [3.8, 4) is 23.3 Å². The second-order valence-electron chi connectivity index (χ2n) is 6.23. The van der Waals surface area contributed by atoms with Gasteiger partial charge in [-0.2, -0.15) is 13.7 Å². The van der Waals surface area contributed by atoms with Crippen LogP contribution in [0.25, 0.3) is 22.6 Å². The molecule has 0 aliphatic rings. The molecule has 0 spiro atoms. The van der Waals surface area contributed by atoms with E-state index in [0.29, 0.717) is 16.7 Å². The Hall–Kier alpha value is -3.34. The number of hydrogen-bond acceptors (Lipinski definition) is 6. The number of para-hydroxylation sites is 1. The second kappa shape index (κ2) is 7.24. The lowest BCUT2D eigenvalue weighted by atomic mass is 10.2. The number of nitriles is 1. The molecule has 0 saturated heterocycles. The van der Waals surface area contributed by atoms with Crippen molar-refractivity contribution < 1.29 is 17.0 Å². The number of fused-ring (bicyclic) bond motifs is 1. The van der Waals surface area contributed by atoms with Crippen LogP contribution in [0, 0.1) is 18.3 Å². The Morgan fingerprint density at radius 2 is 1.90 bits per heavy atom. The van der Waals surface area contributed by atoms with E-state index in [4.69, 9.17) is 20.2 Å². The minimum Gasteiger partial charge on any atom is -0.436 e. The fourth-order valence-corrected chi connectivity index (χ4v) is 4.14. The lowest BCUT2D eigenvalue weighted by Gasteiger charge is -2.11. The Kier molecular flexibility index (Phi) is 4.74. The highest BCUT2D eigenvalue weighted by Crippen LogP contribution is 2.36. The van der Waals surface area contributed by atoms with Gasteiger partial charge in [0.15, 0.2) is 11.3 Å². The predicted molar refractivity (Wildman–Crippen MR) is 108 cm³/mol. The van der Waals surface area contributed by atoms with Gasteiger partial charge in [0.2, 0.25) is 5.89 Å². The molecule has 0 atom stereocenters. The van der Waals surface area contributed by atoms with Crippen LogP contribution in [-0.4, -0.2) is 13.4 Å². The normalized spacial score (nSPS) is 11.3. The SMILES string of the molecule is Cc1cccc2oc(-c3ccc(Cl)cc3OS(=O)(=O)c3ccccc3C#N)nc12. The highest BCUT2D eigenvalue weighted by atomic mass is 35.5. The molecule has 0 fully saturated rings. The average molecular weight is 425 g/mol. The van der Waals surface area contributed by atoms with E-state index in [2.05, 4.69) is 4.98 Å². The molecule has 1 heterocycles. The molecule has 0 unspecified atom stereocenters. The van der Waals surface area contributed by atoms with Crippen LogP contribution >= 0.6 is 11.6 Å². The molecular formula is C21H13ClN2O4S. The molecule has 0 N–H and O–H groups in total. The van der Waals surface area contributed by atoms with Gasteiger partial charge in [-0.05, 0) is 42.8 Å². The summed E-state index contributed by atoms with van der Waals surface area (Å²) >= 11 is 6.06. The first-order valence-electron chi connectivity index (χ1n) is 8.49.